The second-order valence-electron chi connectivity index (χ2n) is 8.83. The lowest BCUT2D eigenvalue weighted by atomic mass is 9.77. The minimum Gasteiger partial charge on any atom is -0.508 e. The van der Waals surface area contributed by atoms with Crippen molar-refractivity contribution in [1.29, 1.82) is 0 Å². The number of para-hydroxylation sites is 1. The minimum atomic E-state index is -0.155. The van der Waals surface area contributed by atoms with E-state index in [1.54, 1.807) is 12.1 Å². The number of carbonyl (C=O) groups is 1. The van der Waals surface area contributed by atoms with E-state index in [1.165, 1.54) is 17.7 Å². The highest BCUT2D eigenvalue weighted by Gasteiger charge is 2.34. The molecule has 1 aliphatic heterocycles. The predicted octanol–water partition coefficient (Wildman–Crippen LogP) is 3.58. The SMILES string of the molecule is O=C(CN1CCN(c2ccccc2)CC1)NC1(Cc2ccc(O)cc2)CCCCC1. The lowest BCUT2D eigenvalue weighted by molar-refractivity contribution is -0.124. The molecule has 0 atom stereocenters. The van der Waals surface area contributed by atoms with Crippen LogP contribution in [0.25, 0.3) is 0 Å². The maximum Gasteiger partial charge on any atom is 0.234 e. The molecule has 1 aliphatic carbocycles. The zero-order valence-corrected chi connectivity index (χ0v) is 17.7. The highest BCUT2D eigenvalue weighted by Crippen LogP contribution is 2.32. The van der Waals surface area contributed by atoms with Gasteiger partial charge in [0, 0.05) is 37.4 Å². The smallest absolute Gasteiger partial charge is 0.234 e. The molecule has 4 rings (SSSR count). The van der Waals surface area contributed by atoms with Crippen LogP contribution >= 0.6 is 0 Å². The van der Waals surface area contributed by atoms with Crippen molar-refractivity contribution in [1.82, 2.24) is 10.2 Å². The Morgan fingerprint density at radius 3 is 2.23 bits per heavy atom. The molecular weight excluding hydrogens is 374 g/mol. The molecule has 2 aromatic rings. The zero-order valence-electron chi connectivity index (χ0n) is 17.7. The van der Waals surface area contributed by atoms with Crippen molar-refractivity contribution in [3.05, 3.63) is 60.2 Å². The molecule has 0 radical (unpaired) electrons. The molecule has 5 heteroatoms. The van der Waals surface area contributed by atoms with Crippen LogP contribution < -0.4 is 10.2 Å². The van der Waals surface area contributed by atoms with E-state index in [0.29, 0.717) is 6.54 Å². The number of hydrogen-bond donors (Lipinski definition) is 2. The average molecular weight is 408 g/mol. The Bertz CT molecular complexity index is 808. The molecule has 0 bridgehead atoms. The minimum absolute atomic E-state index is 0.142. The topological polar surface area (TPSA) is 55.8 Å². The quantitative estimate of drug-likeness (QED) is 0.769. The van der Waals surface area contributed by atoms with Gasteiger partial charge >= 0.3 is 0 Å². The number of hydrogen-bond acceptors (Lipinski definition) is 4. The Hall–Kier alpha value is -2.53. The van der Waals surface area contributed by atoms with Crippen LogP contribution in [-0.2, 0) is 11.2 Å². The van der Waals surface area contributed by atoms with Crippen LogP contribution in [0.2, 0.25) is 0 Å². The van der Waals surface area contributed by atoms with Gasteiger partial charge in [-0.15, -0.1) is 0 Å². The highest BCUT2D eigenvalue weighted by molar-refractivity contribution is 5.79. The third-order valence-electron chi connectivity index (χ3n) is 6.55. The van der Waals surface area contributed by atoms with Gasteiger partial charge in [-0.25, -0.2) is 0 Å². The van der Waals surface area contributed by atoms with E-state index in [1.807, 2.05) is 18.2 Å². The number of piperazine rings is 1. The number of phenols is 1. The summed E-state index contributed by atoms with van der Waals surface area (Å²) in [5.74, 6) is 0.430. The number of aromatic hydroxyl groups is 1. The third kappa shape index (κ3) is 5.33. The molecule has 2 aromatic carbocycles. The number of benzene rings is 2. The lowest BCUT2D eigenvalue weighted by Crippen LogP contribution is -2.55. The number of rotatable bonds is 6. The first-order chi connectivity index (χ1) is 14.6. The number of anilines is 1. The summed E-state index contributed by atoms with van der Waals surface area (Å²) in [6, 6.07) is 17.9. The van der Waals surface area contributed by atoms with Crippen LogP contribution in [0.1, 0.15) is 37.7 Å². The molecule has 0 unspecified atom stereocenters. The number of carbonyl (C=O) groups excluding carboxylic acids is 1. The molecule has 1 saturated heterocycles. The molecule has 30 heavy (non-hydrogen) atoms. The summed E-state index contributed by atoms with van der Waals surface area (Å²) < 4.78 is 0. The molecule has 0 aromatic heterocycles. The number of phenolic OH excluding ortho intramolecular Hbond substituents is 1. The first kappa shape index (κ1) is 20.7. The number of nitrogens with one attached hydrogen (secondary N) is 1. The second-order valence-corrected chi connectivity index (χ2v) is 8.83. The standard InChI is InChI=1S/C25H33N3O2/c29-23-11-9-21(10-12-23)19-25(13-5-2-6-14-25)26-24(30)20-27-15-17-28(18-16-27)22-7-3-1-4-8-22/h1,3-4,7-12,29H,2,5-6,13-20H2,(H,26,30). The summed E-state index contributed by atoms with van der Waals surface area (Å²) in [7, 11) is 0. The molecule has 160 valence electrons. The highest BCUT2D eigenvalue weighted by atomic mass is 16.3. The molecule has 2 fully saturated rings. The molecule has 1 saturated carbocycles. The van der Waals surface area contributed by atoms with Crippen molar-refractivity contribution in [2.24, 2.45) is 0 Å². The van der Waals surface area contributed by atoms with Gasteiger partial charge in [0.1, 0.15) is 5.75 Å². The first-order valence-corrected chi connectivity index (χ1v) is 11.2. The fourth-order valence-corrected chi connectivity index (χ4v) is 4.92. The molecule has 1 amide bonds. The van der Waals surface area contributed by atoms with E-state index in [2.05, 4.69) is 39.4 Å². The van der Waals surface area contributed by atoms with Gasteiger partial charge in [0.05, 0.1) is 6.54 Å². The van der Waals surface area contributed by atoms with Crippen LogP contribution in [0.15, 0.2) is 54.6 Å². The Morgan fingerprint density at radius 2 is 1.57 bits per heavy atom. The summed E-state index contributed by atoms with van der Waals surface area (Å²) in [5.41, 5.74) is 2.28. The summed E-state index contributed by atoms with van der Waals surface area (Å²) in [6.07, 6.45) is 6.46. The van der Waals surface area contributed by atoms with Gasteiger partial charge in [0.15, 0.2) is 0 Å². The normalized spacial score (nSPS) is 19.4. The van der Waals surface area contributed by atoms with Crippen molar-refractivity contribution in [2.45, 2.75) is 44.1 Å². The Kier molecular flexibility index (Phi) is 6.58. The van der Waals surface area contributed by atoms with Gasteiger partial charge in [-0.2, -0.15) is 0 Å². The van der Waals surface area contributed by atoms with Gasteiger partial charge < -0.3 is 15.3 Å². The summed E-state index contributed by atoms with van der Waals surface area (Å²) >= 11 is 0. The molecular formula is C25H33N3O2. The van der Waals surface area contributed by atoms with Crippen molar-refractivity contribution in [3.8, 4) is 5.75 Å². The van der Waals surface area contributed by atoms with Crippen molar-refractivity contribution in [3.63, 3.8) is 0 Å². The van der Waals surface area contributed by atoms with Gasteiger partial charge in [0.25, 0.3) is 0 Å². The fourth-order valence-electron chi connectivity index (χ4n) is 4.92. The van der Waals surface area contributed by atoms with E-state index in [9.17, 15) is 9.90 Å². The van der Waals surface area contributed by atoms with Gasteiger partial charge in [-0.1, -0.05) is 49.6 Å². The molecule has 0 spiro atoms. The van der Waals surface area contributed by atoms with Crippen molar-refractivity contribution < 1.29 is 9.90 Å². The van der Waals surface area contributed by atoms with Crippen molar-refractivity contribution in [2.75, 3.05) is 37.6 Å². The van der Waals surface area contributed by atoms with Crippen LogP contribution in [0.3, 0.4) is 0 Å². The zero-order chi connectivity index (χ0) is 20.8. The summed E-state index contributed by atoms with van der Waals surface area (Å²) in [5, 5.41) is 13.0. The average Bonchev–Trinajstić information content (AvgIpc) is 2.77. The Labute approximate surface area is 179 Å². The maximum atomic E-state index is 13.0. The van der Waals surface area contributed by atoms with Gasteiger partial charge in [0.2, 0.25) is 5.91 Å². The lowest BCUT2D eigenvalue weighted by Gasteiger charge is -2.40. The summed E-state index contributed by atoms with van der Waals surface area (Å²) in [6.45, 7) is 4.20. The van der Waals surface area contributed by atoms with E-state index in [-0.39, 0.29) is 17.2 Å². The third-order valence-corrected chi connectivity index (χ3v) is 6.55. The van der Waals surface area contributed by atoms with Gasteiger partial charge in [-0.05, 0) is 49.1 Å². The molecule has 5 nitrogen and oxygen atoms in total. The van der Waals surface area contributed by atoms with E-state index < -0.39 is 0 Å². The van der Waals surface area contributed by atoms with Crippen molar-refractivity contribution >= 4 is 11.6 Å². The summed E-state index contributed by atoms with van der Waals surface area (Å²) in [4.78, 5) is 17.6. The number of amides is 1. The van der Waals surface area contributed by atoms with Crippen LogP contribution in [-0.4, -0.2) is 54.2 Å². The van der Waals surface area contributed by atoms with Crippen LogP contribution in [0, 0.1) is 0 Å². The fraction of sp³-hybridized carbons (Fsp3) is 0.480. The Morgan fingerprint density at radius 1 is 0.900 bits per heavy atom. The molecule has 1 heterocycles. The van der Waals surface area contributed by atoms with E-state index >= 15 is 0 Å². The Balaban J connectivity index is 1.32. The van der Waals surface area contributed by atoms with Gasteiger partial charge in [-0.3, -0.25) is 9.69 Å². The second kappa shape index (κ2) is 9.52. The largest absolute Gasteiger partial charge is 0.508 e. The van der Waals surface area contributed by atoms with E-state index in [0.717, 1.165) is 58.3 Å². The molecule has 2 N–H and O–H groups in total. The maximum absolute atomic E-state index is 13.0. The van der Waals surface area contributed by atoms with E-state index in [4.69, 9.17) is 0 Å². The van der Waals surface area contributed by atoms with Crippen LogP contribution in [0.4, 0.5) is 5.69 Å². The predicted molar refractivity (Wildman–Crippen MR) is 121 cm³/mol. The number of nitrogens with zero attached hydrogens (tertiary/aromatic N) is 2. The monoisotopic (exact) mass is 407 g/mol. The first-order valence-electron chi connectivity index (χ1n) is 11.2. The van der Waals surface area contributed by atoms with Crippen LogP contribution in [0.5, 0.6) is 5.75 Å². The molecule has 2 aliphatic rings.